The molecule has 0 saturated carbocycles. The number of nitro groups is 1. The molecule has 160 valence electrons. The van der Waals surface area contributed by atoms with Gasteiger partial charge >= 0.3 is 10.1 Å². The minimum absolute atomic E-state index is 0.0186. The maximum absolute atomic E-state index is 12.7. The van der Waals surface area contributed by atoms with Crippen molar-refractivity contribution in [3.63, 3.8) is 0 Å². The average molecular weight is 435 g/mol. The molecule has 30 heavy (non-hydrogen) atoms. The molecule has 0 saturated heterocycles. The van der Waals surface area contributed by atoms with Crippen molar-refractivity contribution in [3.05, 3.63) is 57.6 Å². The van der Waals surface area contributed by atoms with Crippen LogP contribution in [-0.2, 0) is 10.1 Å². The number of nitro benzene ring substituents is 1. The zero-order valence-corrected chi connectivity index (χ0v) is 17.1. The minimum atomic E-state index is -4.29. The van der Waals surface area contributed by atoms with Crippen LogP contribution in [0.5, 0.6) is 11.5 Å². The normalized spacial score (nSPS) is 11.3. The van der Waals surface area contributed by atoms with Crippen LogP contribution in [0.25, 0.3) is 0 Å². The lowest BCUT2D eigenvalue weighted by molar-refractivity contribution is -0.385. The topological polar surface area (TPSA) is 172 Å². The van der Waals surface area contributed by atoms with Gasteiger partial charge in [0, 0.05) is 30.8 Å². The van der Waals surface area contributed by atoms with Crippen LogP contribution < -0.4 is 20.4 Å². The van der Waals surface area contributed by atoms with E-state index in [-0.39, 0.29) is 28.9 Å². The molecule has 2 aromatic carbocycles. The first kappa shape index (κ1) is 22.6. The lowest BCUT2D eigenvalue weighted by Crippen LogP contribution is -2.21. The van der Waals surface area contributed by atoms with Gasteiger partial charge < -0.3 is 20.4 Å². The lowest BCUT2D eigenvalue weighted by atomic mass is 10.2. The third kappa shape index (κ3) is 6.44. The molecule has 0 aliphatic carbocycles. The number of guanidine groups is 1. The standard InChI is InChI=1S/C18H21N5O6S/c1-12-8-15(28-7-3-6-21-22-18(19)20)11-16(9-12)29-30(26,27)17-10-14(23(24)25)5-4-13(17)2/h4-6,8-11H,3,7H2,1-2H3,(H4,19,20,22). The summed E-state index contributed by atoms with van der Waals surface area (Å²) in [7, 11) is -4.29. The van der Waals surface area contributed by atoms with Gasteiger partial charge in [-0.1, -0.05) is 6.07 Å². The number of non-ortho nitro benzene ring substituents is 1. The molecule has 0 amide bonds. The van der Waals surface area contributed by atoms with Crippen molar-refractivity contribution in [1.82, 2.24) is 0 Å². The summed E-state index contributed by atoms with van der Waals surface area (Å²) in [6.07, 6.45) is 1.87. The van der Waals surface area contributed by atoms with Gasteiger partial charge in [-0.05, 0) is 37.1 Å². The van der Waals surface area contributed by atoms with Crippen molar-refractivity contribution in [2.75, 3.05) is 6.61 Å². The SMILES string of the molecule is Cc1cc(OCCC=NN=C(N)N)cc(OS(=O)(=O)c2cc([N+](=O)[O-])ccc2C)c1. The van der Waals surface area contributed by atoms with Crippen molar-refractivity contribution in [1.29, 1.82) is 0 Å². The van der Waals surface area contributed by atoms with Crippen LogP contribution in [0.3, 0.4) is 0 Å². The molecule has 0 aromatic heterocycles. The Bertz CT molecular complexity index is 1090. The van der Waals surface area contributed by atoms with Gasteiger partial charge in [-0.2, -0.15) is 13.5 Å². The van der Waals surface area contributed by atoms with Crippen molar-refractivity contribution in [2.24, 2.45) is 21.7 Å². The Balaban J connectivity index is 2.17. The summed E-state index contributed by atoms with van der Waals surface area (Å²) in [6, 6.07) is 8.16. The molecule has 4 N–H and O–H groups in total. The molecular formula is C18H21N5O6S. The highest BCUT2D eigenvalue weighted by molar-refractivity contribution is 7.87. The molecule has 0 spiro atoms. The molecule has 0 fully saturated rings. The number of rotatable bonds is 9. The van der Waals surface area contributed by atoms with Crippen molar-refractivity contribution in [3.8, 4) is 11.5 Å². The third-order valence-corrected chi connectivity index (χ3v) is 5.04. The lowest BCUT2D eigenvalue weighted by Gasteiger charge is -2.12. The zero-order chi connectivity index (χ0) is 22.3. The number of benzene rings is 2. The second kappa shape index (κ2) is 9.69. The van der Waals surface area contributed by atoms with Gasteiger partial charge in [-0.15, -0.1) is 5.10 Å². The number of aryl methyl sites for hydroxylation is 2. The molecule has 2 rings (SSSR count). The van der Waals surface area contributed by atoms with Gasteiger partial charge in [-0.25, -0.2) is 0 Å². The number of hydrogen-bond donors (Lipinski definition) is 2. The fourth-order valence-electron chi connectivity index (χ4n) is 2.38. The smallest absolute Gasteiger partial charge is 0.339 e. The Kier molecular flexibility index (Phi) is 7.31. The highest BCUT2D eigenvalue weighted by Crippen LogP contribution is 2.28. The van der Waals surface area contributed by atoms with Crippen LogP contribution in [0.2, 0.25) is 0 Å². The summed E-state index contributed by atoms with van der Waals surface area (Å²) >= 11 is 0. The molecule has 12 heteroatoms. The van der Waals surface area contributed by atoms with E-state index < -0.39 is 15.0 Å². The van der Waals surface area contributed by atoms with E-state index in [1.54, 1.807) is 13.0 Å². The highest BCUT2D eigenvalue weighted by atomic mass is 32.2. The van der Waals surface area contributed by atoms with E-state index in [0.717, 1.165) is 6.07 Å². The van der Waals surface area contributed by atoms with E-state index in [1.807, 2.05) is 0 Å². The van der Waals surface area contributed by atoms with Crippen LogP contribution in [0.4, 0.5) is 5.69 Å². The summed E-state index contributed by atoms with van der Waals surface area (Å²) < 4.78 is 36.1. The van der Waals surface area contributed by atoms with E-state index >= 15 is 0 Å². The maximum Gasteiger partial charge on any atom is 0.339 e. The Morgan fingerprint density at radius 3 is 2.53 bits per heavy atom. The highest BCUT2D eigenvalue weighted by Gasteiger charge is 2.23. The minimum Gasteiger partial charge on any atom is -0.493 e. The summed E-state index contributed by atoms with van der Waals surface area (Å²) in [5, 5.41) is 18.0. The second-order valence-corrected chi connectivity index (χ2v) is 7.70. The van der Waals surface area contributed by atoms with E-state index in [0.29, 0.717) is 23.3 Å². The van der Waals surface area contributed by atoms with Crippen LogP contribution in [0, 0.1) is 24.0 Å². The van der Waals surface area contributed by atoms with Crippen LogP contribution >= 0.6 is 0 Å². The van der Waals surface area contributed by atoms with Gasteiger partial charge in [-0.3, -0.25) is 10.1 Å². The first-order valence-electron chi connectivity index (χ1n) is 8.63. The Morgan fingerprint density at radius 1 is 1.17 bits per heavy atom. The molecule has 0 atom stereocenters. The predicted molar refractivity (Wildman–Crippen MR) is 111 cm³/mol. The van der Waals surface area contributed by atoms with Gasteiger partial charge in [0.2, 0.25) is 5.96 Å². The van der Waals surface area contributed by atoms with E-state index in [9.17, 15) is 18.5 Å². The Labute approximate surface area is 173 Å². The van der Waals surface area contributed by atoms with Gasteiger partial charge in [0.25, 0.3) is 5.69 Å². The molecule has 2 aromatic rings. The van der Waals surface area contributed by atoms with Crippen LogP contribution in [0.15, 0.2) is 51.5 Å². The number of nitrogens with two attached hydrogens (primary N) is 2. The first-order chi connectivity index (χ1) is 14.1. The third-order valence-electron chi connectivity index (χ3n) is 3.65. The maximum atomic E-state index is 12.7. The zero-order valence-electron chi connectivity index (χ0n) is 16.3. The first-order valence-corrected chi connectivity index (χ1v) is 10.0. The molecule has 11 nitrogen and oxygen atoms in total. The molecule has 0 aliphatic rings. The predicted octanol–water partition coefficient (Wildman–Crippen LogP) is 2.01. The summed E-state index contributed by atoms with van der Waals surface area (Å²) in [5.41, 5.74) is 11.0. The molecule has 0 heterocycles. The number of nitrogens with zero attached hydrogens (tertiary/aromatic N) is 3. The van der Waals surface area contributed by atoms with Gasteiger partial charge in [0.1, 0.15) is 16.4 Å². The van der Waals surface area contributed by atoms with Crippen LogP contribution in [0.1, 0.15) is 17.5 Å². The van der Waals surface area contributed by atoms with E-state index in [4.69, 9.17) is 20.4 Å². The van der Waals surface area contributed by atoms with Crippen molar-refractivity contribution < 1.29 is 22.3 Å². The monoisotopic (exact) mass is 435 g/mol. The van der Waals surface area contributed by atoms with Crippen molar-refractivity contribution >= 4 is 28.0 Å². The van der Waals surface area contributed by atoms with E-state index in [2.05, 4.69) is 10.2 Å². The van der Waals surface area contributed by atoms with Gasteiger partial charge in [0.05, 0.1) is 11.5 Å². The fourth-order valence-corrected chi connectivity index (χ4v) is 3.55. The summed E-state index contributed by atoms with van der Waals surface area (Å²) in [6.45, 7) is 3.50. The van der Waals surface area contributed by atoms with Crippen LogP contribution in [-0.4, -0.2) is 32.1 Å². The largest absolute Gasteiger partial charge is 0.493 e. The average Bonchev–Trinajstić information content (AvgIpc) is 2.63. The second-order valence-electron chi connectivity index (χ2n) is 6.19. The fraction of sp³-hybridized carbons (Fsp3) is 0.222. The quantitative estimate of drug-likeness (QED) is 0.150. The Hall–Kier alpha value is -3.67. The Morgan fingerprint density at radius 2 is 1.87 bits per heavy atom. The van der Waals surface area contributed by atoms with Crippen molar-refractivity contribution in [2.45, 2.75) is 25.2 Å². The van der Waals surface area contributed by atoms with E-state index in [1.165, 1.54) is 37.4 Å². The summed E-state index contributed by atoms with van der Waals surface area (Å²) in [4.78, 5) is 10.0. The molecule has 0 aliphatic heterocycles. The number of hydrogen-bond acceptors (Lipinski definition) is 8. The molecule has 0 unspecified atom stereocenters. The van der Waals surface area contributed by atoms with Gasteiger partial charge in [0.15, 0.2) is 0 Å². The molecule has 0 bridgehead atoms. The summed E-state index contributed by atoms with van der Waals surface area (Å²) in [5.74, 6) is 0.240. The molecular weight excluding hydrogens is 414 g/mol. The molecule has 0 radical (unpaired) electrons. The number of ether oxygens (including phenoxy) is 1.